The van der Waals surface area contributed by atoms with Crippen molar-refractivity contribution in [3.05, 3.63) is 12.2 Å². The van der Waals surface area contributed by atoms with Crippen LogP contribution in [0.15, 0.2) is 12.2 Å². The van der Waals surface area contributed by atoms with Crippen LogP contribution in [0.4, 0.5) is 0 Å². The number of carbonyl (C=O) groups excluding carboxylic acids is 1. The minimum absolute atomic E-state index is 0.0114. The molecule has 1 aliphatic heterocycles. The fourth-order valence-corrected chi connectivity index (χ4v) is 2.82. The van der Waals surface area contributed by atoms with E-state index in [-0.39, 0.29) is 5.91 Å². The fourth-order valence-electron chi connectivity index (χ4n) is 2.82. The Bertz CT molecular complexity index is 367. The van der Waals surface area contributed by atoms with Gasteiger partial charge in [-0.25, -0.2) is 0 Å². The molecule has 3 N–H and O–H groups in total. The summed E-state index contributed by atoms with van der Waals surface area (Å²) < 4.78 is 0. The van der Waals surface area contributed by atoms with Crippen LogP contribution in [0.1, 0.15) is 19.3 Å². The van der Waals surface area contributed by atoms with E-state index in [4.69, 9.17) is 5.73 Å². The lowest BCUT2D eigenvalue weighted by molar-refractivity contribution is -0.150. The first-order chi connectivity index (χ1) is 8.63. The van der Waals surface area contributed by atoms with E-state index in [0.717, 1.165) is 6.42 Å². The van der Waals surface area contributed by atoms with Gasteiger partial charge in [-0.3, -0.25) is 9.59 Å². The van der Waals surface area contributed by atoms with E-state index in [1.165, 1.54) is 0 Å². The predicted molar refractivity (Wildman–Crippen MR) is 66.7 cm³/mol. The molecule has 18 heavy (non-hydrogen) atoms. The van der Waals surface area contributed by atoms with Crippen LogP contribution in [0.2, 0.25) is 0 Å². The summed E-state index contributed by atoms with van der Waals surface area (Å²) in [5.74, 6) is -1.48. The quantitative estimate of drug-likeness (QED) is 0.715. The molecule has 5 heteroatoms. The van der Waals surface area contributed by atoms with Crippen LogP contribution in [-0.4, -0.2) is 41.5 Å². The zero-order chi connectivity index (χ0) is 13.1. The average molecular weight is 252 g/mol. The number of allylic oxidation sites excluding steroid dienone is 2. The van der Waals surface area contributed by atoms with E-state index in [1.807, 2.05) is 12.2 Å². The Kier molecular flexibility index (Phi) is 4.01. The zero-order valence-electron chi connectivity index (χ0n) is 10.4. The average Bonchev–Trinajstić information content (AvgIpc) is 2.86. The van der Waals surface area contributed by atoms with Crippen LogP contribution in [0.3, 0.4) is 0 Å². The van der Waals surface area contributed by atoms with Gasteiger partial charge in [0.1, 0.15) is 0 Å². The van der Waals surface area contributed by atoms with E-state index >= 15 is 0 Å². The highest BCUT2D eigenvalue weighted by atomic mass is 16.4. The van der Waals surface area contributed by atoms with Crippen molar-refractivity contribution >= 4 is 11.9 Å². The Morgan fingerprint density at radius 3 is 2.50 bits per heavy atom. The highest BCUT2D eigenvalue weighted by Crippen LogP contribution is 2.29. The summed E-state index contributed by atoms with van der Waals surface area (Å²) >= 11 is 0. The molecule has 5 nitrogen and oxygen atoms in total. The minimum Gasteiger partial charge on any atom is -0.481 e. The van der Waals surface area contributed by atoms with E-state index in [9.17, 15) is 14.7 Å². The SMILES string of the molecule is NCC1CCN(C(=O)C2CC=CCC2C(=O)O)C1. The molecule has 1 amide bonds. The minimum atomic E-state index is -0.868. The van der Waals surface area contributed by atoms with Crippen LogP contribution in [0.5, 0.6) is 0 Å². The molecule has 1 saturated heterocycles. The van der Waals surface area contributed by atoms with Crippen LogP contribution in [-0.2, 0) is 9.59 Å². The zero-order valence-corrected chi connectivity index (χ0v) is 10.4. The molecule has 0 aromatic heterocycles. The number of nitrogens with two attached hydrogens (primary N) is 1. The van der Waals surface area contributed by atoms with Gasteiger partial charge in [0.2, 0.25) is 5.91 Å². The second kappa shape index (κ2) is 5.52. The summed E-state index contributed by atoms with van der Waals surface area (Å²) in [7, 11) is 0. The van der Waals surface area contributed by atoms with Gasteiger partial charge in [-0.05, 0) is 31.7 Å². The number of rotatable bonds is 3. The third-order valence-electron chi connectivity index (χ3n) is 4.00. The van der Waals surface area contributed by atoms with E-state index in [0.29, 0.717) is 38.4 Å². The molecular weight excluding hydrogens is 232 g/mol. The molecule has 1 heterocycles. The maximum Gasteiger partial charge on any atom is 0.307 e. The number of hydrogen-bond acceptors (Lipinski definition) is 3. The summed E-state index contributed by atoms with van der Waals surface area (Å²) in [5, 5.41) is 9.17. The van der Waals surface area contributed by atoms with Gasteiger partial charge in [0.05, 0.1) is 11.8 Å². The Balaban J connectivity index is 2.03. The first-order valence-corrected chi connectivity index (χ1v) is 6.50. The number of nitrogens with zero attached hydrogens (tertiary/aromatic N) is 1. The number of amides is 1. The number of aliphatic carboxylic acids is 1. The van der Waals surface area contributed by atoms with Gasteiger partial charge in [-0.15, -0.1) is 0 Å². The summed E-state index contributed by atoms with van der Waals surface area (Å²) in [6, 6.07) is 0. The van der Waals surface area contributed by atoms with Gasteiger partial charge in [0, 0.05) is 13.1 Å². The predicted octanol–water partition coefficient (Wildman–Crippen LogP) is 0.461. The maximum absolute atomic E-state index is 12.4. The molecule has 2 aliphatic rings. The van der Waals surface area contributed by atoms with Gasteiger partial charge in [0.15, 0.2) is 0 Å². The molecule has 0 bridgehead atoms. The molecule has 3 atom stereocenters. The van der Waals surface area contributed by atoms with Crippen molar-refractivity contribution in [3.63, 3.8) is 0 Å². The molecule has 1 fully saturated rings. The Labute approximate surface area is 107 Å². The molecule has 2 rings (SSSR count). The van der Waals surface area contributed by atoms with Gasteiger partial charge in [-0.2, -0.15) is 0 Å². The van der Waals surface area contributed by atoms with Crippen LogP contribution in [0.25, 0.3) is 0 Å². The molecule has 0 spiro atoms. The normalized spacial score (nSPS) is 31.6. The highest BCUT2D eigenvalue weighted by molar-refractivity contribution is 5.85. The first kappa shape index (κ1) is 13.1. The summed E-state index contributed by atoms with van der Waals surface area (Å²) in [4.78, 5) is 25.3. The smallest absolute Gasteiger partial charge is 0.307 e. The lowest BCUT2D eigenvalue weighted by Gasteiger charge is -2.28. The second-order valence-electron chi connectivity index (χ2n) is 5.17. The Morgan fingerprint density at radius 1 is 1.28 bits per heavy atom. The number of likely N-dealkylation sites (tertiary alicyclic amines) is 1. The van der Waals surface area contributed by atoms with E-state index in [2.05, 4.69) is 0 Å². The van der Waals surface area contributed by atoms with Crippen molar-refractivity contribution in [3.8, 4) is 0 Å². The highest BCUT2D eigenvalue weighted by Gasteiger charge is 2.38. The Hall–Kier alpha value is -1.36. The second-order valence-corrected chi connectivity index (χ2v) is 5.17. The molecule has 0 saturated carbocycles. The molecule has 0 radical (unpaired) electrons. The van der Waals surface area contributed by atoms with E-state index in [1.54, 1.807) is 4.90 Å². The molecule has 3 unspecified atom stereocenters. The van der Waals surface area contributed by atoms with Crippen molar-refractivity contribution in [2.45, 2.75) is 19.3 Å². The van der Waals surface area contributed by atoms with Gasteiger partial charge < -0.3 is 15.7 Å². The van der Waals surface area contributed by atoms with E-state index < -0.39 is 17.8 Å². The number of hydrogen-bond donors (Lipinski definition) is 2. The summed E-state index contributed by atoms with van der Waals surface area (Å²) in [5.41, 5.74) is 5.61. The van der Waals surface area contributed by atoms with Gasteiger partial charge >= 0.3 is 5.97 Å². The molecular formula is C13H20N2O3. The van der Waals surface area contributed by atoms with Crippen LogP contribution in [0, 0.1) is 17.8 Å². The van der Waals surface area contributed by atoms with Crippen molar-refractivity contribution < 1.29 is 14.7 Å². The molecule has 100 valence electrons. The van der Waals surface area contributed by atoms with Crippen molar-refractivity contribution in [2.75, 3.05) is 19.6 Å². The summed E-state index contributed by atoms with van der Waals surface area (Å²) in [6.07, 6.45) is 5.70. The van der Waals surface area contributed by atoms with Gasteiger partial charge in [0.25, 0.3) is 0 Å². The monoisotopic (exact) mass is 252 g/mol. The molecule has 1 aliphatic carbocycles. The number of carbonyl (C=O) groups is 2. The van der Waals surface area contributed by atoms with Crippen LogP contribution >= 0.6 is 0 Å². The standard InChI is InChI=1S/C13H20N2O3/c14-7-9-5-6-15(8-9)12(16)10-3-1-2-4-11(10)13(17)18/h1-2,9-11H,3-8,14H2,(H,17,18). The third-order valence-corrected chi connectivity index (χ3v) is 4.00. The number of carboxylic acid groups (broad SMARTS) is 1. The van der Waals surface area contributed by atoms with Crippen molar-refractivity contribution in [1.29, 1.82) is 0 Å². The molecule has 0 aromatic carbocycles. The first-order valence-electron chi connectivity index (χ1n) is 6.50. The summed E-state index contributed by atoms with van der Waals surface area (Å²) in [6.45, 7) is 1.99. The van der Waals surface area contributed by atoms with Crippen molar-refractivity contribution in [1.82, 2.24) is 4.90 Å². The lowest BCUT2D eigenvalue weighted by atomic mass is 9.82. The fraction of sp³-hybridized carbons (Fsp3) is 0.692. The third kappa shape index (κ3) is 2.56. The Morgan fingerprint density at radius 2 is 1.94 bits per heavy atom. The lowest BCUT2D eigenvalue weighted by Crippen LogP contribution is -2.41. The largest absolute Gasteiger partial charge is 0.481 e. The maximum atomic E-state index is 12.4. The number of carboxylic acids is 1. The van der Waals surface area contributed by atoms with Crippen molar-refractivity contribution in [2.24, 2.45) is 23.5 Å². The topological polar surface area (TPSA) is 83.6 Å². The van der Waals surface area contributed by atoms with Crippen LogP contribution < -0.4 is 5.73 Å². The van der Waals surface area contributed by atoms with Gasteiger partial charge in [-0.1, -0.05) is 12.2 Å². The molecule has 0 aromatic rings.